The Morgan fingerprint density at radius 3 is 2.82 bits per heavy atom. The van der Waals surface area contributed by atoms with Crippen molar-refractivity contribution >= 4 is 51.7 Å². The van der Waals surface area contributed by atoms with Gasteiger partial charge in [0.1, 0.15) is 11.0 Å². The van der Waals surface area contributed by atoms with E-state index >= 15 is 0 Å². The number of amidine groups is 1. The highest BCUT2D eigenvalue weighted by molar-refractivity contribution is 8.15. The van der Waals surface area contributed by atoms with E-state index in [2.05, 4.69) is 10.3 Å². The summed E-state index contributed by atoms with van der Waals surface area (Å²) in [6.45, 7) is 1.89. The zero-order valence-corrected chi connectivity index (χ0v) is 17.3. The van der Waals surface area contributed by atoms with E-state index in [1.54, 1.807) is 32.4 Å². The molecule has 2 aromatic carbocycles. The van der Waals surface area contributed by atoms with Crippen molar-refractivity contribution in [3.05, 3.63) is 53.1 Å². The van der Waals surface area contributed by atoms with E-state index in [0.717, 1.165) is 5.56 Å². The summed E-state index contributed by atoms with van der Waals surface area (Å²) in [6.07, 6.45) is 0.101. The van der Waals surface area contributed by atoms with Gasteiger partial charge >= 0.3 is 0 Å². The first kappa shape index (κ1) is 20.2. The van der Waals surface area contributed by atoms with Gasteiger partial charge in [-0.1, -0.05) is 35.5 Å². The molecule has 6 nitrogen and oxygen atoms in total. The number of anilines is 1. The Morgan fingerprint density at radius 2 is 2.11 bits per heavy atom. The summed E-state index contributed by atoms with van der Waals surface area (Å²) in [5, 5.41) is 3.29. The van der Waals surface area contributed by atoms with E-state index in [1.165, 1.54) is 16.7 Å². The van der Waals surface area contributed by atoms with Crippen LogP contribution in [0.3, 0.4) is 0 Å². The van der Waals surface area contributed by atoms with E-state index < -0.39 is 5.25 Å². The molecule has 1 aliphatic rings. The van der Waals surface area contributed by atoms with Crippen molar-refractivity contribution in [2.24, 2.45) is 4.99 Å². The van der Waals surface area contributed by atoms with E-state index in [9.17, 15) is 9.59 Å². The number of methoxy groups -OCH3 is 1. The number of nitrogens with one attached hydrogen (secondary N) is 1. The molecule has 1 aliphatic heterocycles. The number of carbonyl (C=O) groups excluding carboxylic acids is 2. The van der Waals surface area contributed by atoms with Crippen LogP contribution in [-0.4, -0.2) is 41.3 Å². The number of carbonyl (C=O) groups is 2. The maximum atomic E-state index is 12.7. The third-order valence-corrected chi connectivity index (χ3v) is 5.93. The number of amides is 2. The van der Waals surface area contributed by atoms with Gasteiger partial charge in [-0.25, -0.2) is 4.99 Å². The summed E-state index contributed by atoms with van der Waals surface area (Å²) in [6, 6.07) is 12.5. The first-order valence-electron chi connectivity index (χ1n) is 8.60. The second kappa shape index (κ2) is 8.67. The van der Waals surface area contributed by atoms with E-state index in [0.29, 0.717) is 27.3 Å². The molecule has 1 atom stereocenters. The number of aryl methyl sites for hydroxylation is 1. The fraction of sp³-hybridized carbons (Fsp3) is 0.250. The van der Waals surface area contributed by atoms with E-state index in [-0.39, 0.29) is 18.2 Å². The normalized spacial score (nSPS) is 18.3. The molecule has 146 valence electrons. The maximum absolute atomic E-state index is 12.7. The molecule has 0 radical (unpaired) electrons. The number of hydrogen-bond donors (Lipinski definition) is 1. The molecular weight excluding hydrogens is 398 g/mol. The van der Waals surface area contributed by atoms with Crippen molar-refractivity contribution < 1.29 is 14.3 Å². The summed E-state index contributed by atoms with van der Waals surface area (Å²) >= 11 is 7.37. The fourth-order valence-corrected chi connectivity index (χ4v) is 3.83. The average Bonchev–Trinajstić information content (AvgIpc) is 2.68. The standard InChI is InChI=1S/C20H20ClN3O3S/c1-12-7-8-14(10-16(12)21)22-19(26)17-11-18(25)24(2)20(28-17)23-13-5-4-6-15(9-13)27-3/h4-10,17H,11H2,1-3H3,(H,22,26)/t17-/m1/s1. The molecule has 28 heavy (non-hydrogen) atoms. The summed E-state index contributed by atoms with van der Waals surface area (Å²) in [5.41, 5.74) is 2.17. The SMILES string of the molecule is COc1cccc(N=C2S[C@@H](C(=O)Nc3ccc(C)c(Cl)c3)CC(=O)N2C)c1. The van der Waals surface area contributed by atoms with Gasteiger partial charge < -0.3 is 10.1 Å². The van der Waals surface area contributed by atoms with Gasteiger partial charge in [0, 0.05) is 30.2 Å². The quantitative estimate of drug-likeness (QED) is 0.807. The molecule has 1 saturated heterocycles. The Kier molecular flexibility index (Phi) is 6.26. The lowest BCUT2D eigenvalue weighted by atomic mass is 10.2. The minimum atomic E-state index is -0.576. The first-order chi connectivity index (χ1) is 13.4. The lowest BCUT2D eigenvalue weighted by Gasteiger charge is -2.28. The molecule has 0 bridgehead atoms. The predicted molar refractivity (Wildman–Crippen MR) is 114 cm³/mol. The van der Waals surface area contributed by atoms with Crippen molar-refractivity contribution in [2.75, 3.05) is 19.5 Å². The van der Waals surface area contributed by atoms with Crippen molar-refractivity contribution in [3.8, 4) is 5.75 Å². The number of nitrogens with zero attached hydrogens (tertiary/aromatic N) is 2. The number of halogens is 1. The molecule has 0 aromatic heterocycles. The van der Waals surface area contributed by atoms with Crippen molar-refractivity contribution in [3.63, 3.8) is 0 Å². The number of rotatable bonds is 4. The molecular formula is C20H20ClN3O3S. The minimum absolute atomic E-state index is 0.101. The highest BCUT2D eigenvalue weighted by Crippen LogP contribution is 2.30. The van der Waals surface area contributed by atoms with E-state index in [4.69, 9.17) is 16.3 Å². The molecule has 1 heterocycles. The molecule has 1 N–H and O–H groups in total. The molecule has 2 aromatic rings. The van der Waals surface area contributed by atoms with Crippen LogP contribution in [0.5, 0.6) is 5.75 Å². The van der Waals surface area contributed by atoms with Gasteiger partial charge in [0.2, 0.25) is 11.8 Å². The zero-order chi connectivity index (χ0) is 20.3. The lowest BCUT2D eigenvalue weighted by Crippen LogP contribution is -2.43. The van der Waals surface area contributed by atoms with Crippen LogP contribution >= 0.6 is 23.4 Å². The van der Waals surface area contributed by atoms with Gasteiger partial charge in [-0.15, -0.1) is 0 Å². The number of benzene rings is 2. The Morgan fingerprint density at radius 1 is 1.32 bits per heavy atom. The smallest absolute Gasteiger partial charge is 0.238 e. The number of ether oxygens (including phenoxy) is 1. The average molecular weight is 418 g/mol. The Labute approximate surface area is 172 Å². The maximum Gasteiger partial charge on any atom is 0.238 e. The van der Waals surface area contributed by atoms with Gasteiger partial charge in [0.05, 0.1) is 12.8 Å². The number of aliphatic imine (C=N–C) groups is 1. The molecule has 0 unspecified atom stereocenters. The highest BCUT2D eigenvalue weighted by Gasteiger charge is 2.34. The van der Waals surface area contributed by atoms with E-state index in [1.807, 2.05) is 31.2 Å². The van der Waals surface area contributed by atoms with Gasteiger partial charge in [-0.05, 0) is 36.8 Å². The monoisotopic (exact) mass is 417 g/mol. The summed E-state index contributed by atoms with van der Waals surface area (Å²) in [5.74, 6) is 0.245. The van der Waals surface area contributed by atoms with Crippen LogP contribution in [0.4, 0.5) is 11.4 Å². The van der Waals surface area contributed by atoms with Crippen LogP contribution in [0.2, 0.25) is 5.02 Å². The second-order valence-electron chi connectivity index (χ2n) is 6.31. The highest BCUT2D eigenvalue weighted by atomic mass is 35.5. The predicted octanol–water partition coefficient (Wildman–Crippen LogP) is 4.25. The second-order valence-corrected chi connectivity index (χ2v) is 7.89. The third-order valence-electron chi connectivity index (χ3n) is 4.28. The van der Waals surface area contributed by atoms with Gasteiger partial charge in [0.25, 0.3) is 0 Å². The van der Waals surface area contributed by atoms with Gasteiger partial charge in [-0.2, -0.15) is 0 Å². The van der Waals surface area contributed by atoms with Crippen LogP contribution in [-0.2, 0) is 9.59 Å². The van der Waals surface area contributed by atoms with Gasteiger partial charge in [0.15, 0.2) is 5.17 Å². The molecule has 1 fully saturated rings. The molecule has 0 spiro atoms. The van der Waals surface area contributed by atoms with Crippen LogP contribution in [0.15, 0.2) is 47.5 Å². The number of thioether (sulfide) groups is 1. The van der Waals surface area contributed by atoms with Gasteiger partial charge in [-0.3, -0.25) is 14.5 Å². The Balaban J connectivity index is 1.79. The van der Waals surface area contributed by atoms with Crippen molar-refractivity contribution in [1.29, 1.82) is 0 Å². The lowest BCUT2D eigenvalue weighted by molar-refractivity contribution is -0.128. The molecule has 0 aliphatic carbocycles. The van der Waals surface area contributed by atoms with Crippen LogP contribution in [0.25, 0.3) is 0 Å². The first-order valence-corrected chi connectivity index (χ1v) is 9.86. The summed E-state index contributed by atoms with van der Waals surface area (Å²) in [7, 11) is 3.23. The summed E-state index contributed by atoms with van der Waals surface area (Å²) in [4.78, 5) is 31.1. The van der Waals surface area contributed by atoms with Crippen LogP contribution in [0, 0.1) is 6.92 Å². The van der Waals surface area contributed by atoms with Crippen molar-refractivity contribution in [2.45, 2.75) is 18.6 Å². The molecule has 3 rings (SSSR count). The minimum Gasteiger partial charge on any atom is -0.497 e. The summed E-state index contributed by atoms with van der Waals surface area (Å²) < 4.78 is 5.20. The molecule has 2 amide bonds. The Bertz CT molecular complexity index is 948. The fourth-order valence-electron chi connectivity index (χ4n) is 2.58. The van der Waals surface area contributed by atoms with Crippen LogP contribution < -0.4 is 10.1 Å². The Hall–Kier alpha value is -2.51. The topological polar surface area (TPSA) is 71.0 Å². The number of hydrogen-bond acceptors (Lipinski definition) is 5. The van der Waals surface area contributed by atoms with Crippen molar-refractivity contribution in [1.82, 2.24) is 4.90 Å². The zero-order valence-electron chi connectivity index (χ0n) is 15.7. The largest absolute Gasteiger partial charge is 0.497 e. The molecule has 0 saturated carbocycles. The molecule has 8 heteroatoms. The third kappa shape index (κ3) is 4.66. The van der Waals surface area contributed by atoms with Crippen LogP contribution in [0.1, 0.15) is 12.0 Å².